The smallest absolute Gasteiger partial charge is 0.813 e. The second kappa shape index (κ2) is 30.7. The van der Waals surface area contributed by atoms with Crippen LogP contribution < -0.4 is 0 Å². The molecule has 0 aliphatic rings. The van der Waals surface area contributed by atoms with Crippen LogP contribution in [0.4, 0.5) is 0 Å². The van der Waals surface area contributed by atoms with Gasteiger partial charge in [0.1, 0.15) is 0 Å². The van der Waals surface area contributed by atoms with Crippen LogP contribution in [-0.2, 0) is 40.5 Å². The van der Waals surface area contributed by atoms with Crippen LogP contribution >= 0.6 is 0 Å². The normalized spacial score (nSPS) is 3.00. The number of hydrogen-bond acceptors (Lipinski definition) is 3. The molecule has 0 atom stereocenters. The molecule has 0 saturated heterocycles. The number of rotatable bonds is 0. The monoisotopic (exact) mass is 202 g/mol. The van der Waals surface area contributed by atoms with E-state index in [-0.39, 0.29) is 40.5 Å². The van der Waals surface area contributed by atoms with Crippen LogP contribution in [0.15, 0.2) is 0 Å². The number of hydrogen-bond donors (Lipinski definition) is 0. The van der Waals surface area contributed by atoms with Gasteiger partial charge < -0.3 is 40.5 Å². The molecule has 0 N–H and O–H groups in total. The van der Waals surface area contributed by atoms with Crippen molar-refractivity contribution in [3.63, 3.8) is 0 Å². The second-order valence-corrected chi connectivity index (χ2v) is 1.84. The minimum atomic E-state index is 0. The molecule has 0 nitrogen and oxygen atoms in total. The topological polar surface area (TPSA) is 0 Å². The van der Waals surface area contributed by atoms with Crippen molar-refractivity contribution in [2.75, 3.05) is 0 Å². The van der Waals surface area contributed by atoms with Crippen LogP contribution in [0.25, 0.3) is 0 Å². The Labute approximate surface area is 69.0 Å². The summed E-state index contributed by atoms with van der Waals surface area (Å²) in [7, 11) is 0. The van der Waals surface area contributed by atoms with E-state index in [0.717, 1.165) is 0 Å². The van der Waals surface area contributed by atoms with E-state index in [2.05, 4.69) is 23.4 Å². The van der Waals surface area contributed by atoms with Gasteiger partial charge >= 0.3 is 28.7 Å². The predicted octanol–water partition coefficient (Wildman–Crippen LogP) is -0.217. The van der Waals surface area contributed by atoms with Crippen LogP contribution in [0.2, 0.25) is 5.25 Å². The Morgan fingerprint density at radius 2 is 1.17 bits per heavy atom. The molecule has 0 amide bonds. The molecule has 0 fully saturated rings. The van der Waals surface area contributed by atoms with Gasteiger partial charge in [0, 0.05) is 0 Å². The van der Waals surface area contributed by atoms with Gasteiger partial charge in [0.05, 0.1) is 0 Å². The molecule has 0 rings (SSSR count). The summed E-state index contributed by atoms with van der Waals surface area (Å²) in [6, 6.07) is 0. The molecule has 4 heteroatoms. The van der Waals surface area contributed by atoms with Gasteiger partial charge in [0.25, 0.3) is 0 Å². The minimum absolute atomic E-state index is 0. The Morgan fingerprint density at radius 3 is 1.17 bits per heavy atom. The van der Waals surface area contributed by atoms with Gasteiger partial charge in [-0.15, -0.1) is 0 Å². The van der Waals surface area contributed by atoms with Crippen molar-refractivity contribution in [1.82, 2.24) is 0 Å². The zero-order valence-electron chi connectivity index (χ0n) is 3.55. The van der Waals surface area contributed by atoms with Crippen molar-refractivity contribution >= 4 is 57.0 Å². The molecule has 0 aliphatic carbocycles. The molecule has 6 heavy (non-hydrogen) atoms. The molecule has 0 unspecified atom stereocenters. The van der Waals surface area contributed by atoms with Crippen molar-refractivity contribution in [3.05, 3.63) is 0 Å². The minimum Gasteiger partial charge on any atom is -0.813 e. The third kappa shape index (κ3) is 46.5. The van der Waals surface area contributed by atoms with E-state index in [0.29, 0.717) is 0 Å². The zero-order chi connectivity index (χ0) is 2.71. The first kappa shape index (κ1) is 25.6. The summed E-state index contributed by atoms with van der Waals surface area (Å²) in [5.41, 5.74) is 0. The van der Waals surface area contributed by atoms with E-state index in [4.69, 9.17) is 0 Å². The molecule has 0 bridgehead atoms. The molecular weight excluding hydrogens is 193 g/mol. The summed E-state index contributed by atoms with van der Waals surface area (Å²) < 4.78 is 0. The Morgan fingerprint density at radius 1 is 1.17 bits per heavy atom. The SMILES string of the molecule is C[CH2][Ge].[SH-].[SH-].[SH-]. The standard InChI is InChI=1S/C2H5Ge.3H2S/c1-2-3;;;/h2H2,1H3;3*1H2/p-3. The molecule has 0 aliphatic heterocycles. The van der Waals surface area contributed by atoms with Gasteiger partial charge in [-0.25, -0.2) is 0 Å². The molecular formula is C2H8GeS3-3. The average Bonchev–Trinajstić information content (AvgIpc) is 0.918. The summed E-state index contributed by atoms with van der Waals surface area (Å²) in [6.07, 6.45) is 0. The van der Waals surface area contributed by atoms with Gasteiger partial charge in [-0.05, 0) is 0 Å². The summed E-state index contributed by atoms with van der Waals surface area (Å²) >= 11 is 2.12. The molecule has 0 heterocycles. The third-order valence-electron chi connectivity index (χ3n) is 0. The van der Waals surface area contributed by atoms with Crippen LogP contribution in [0, 0.1) is 0 Å². The Kier molecular flexibility index (Phi) is 131. The molecule has 41 valence electrons. The van der Waals surface area contributed by atoms with E-state index >= 15 is 0 Å². The average molecular weight is 201 g/mol. The zero-order valence-corrected chi connectivity index (χ0v) is 8.33. The molecule has 0 saturated carbocycles. The van der Waals surface area contributed by atoms with Gasteiger partial charge in [-0.2, -0.15) is 0 Å². The van der Waals surface area contributed by atoms with Gasteiger partial charge in [0.2, 0.25) is 0 Å². The van der Waals surface area contributed by atoms with Gasteiger partial charge in [-0.1, -0.05) is 0 Å². The van der Waals surface area contributed by atoms with Crippen molar-refractivity contribution in [2.24, 2.45) is 0 Å². The van der Waals surface area contributed by atoms with E-state index in [1.54, 1.807) is 0 Å². The predicted molar refractivity (Wildman–Crippen MR) is 42.5 cm³/mol. The van der Waals surface area contributed by atoms with Gasteiger partial charge in [-0.3, -0.25) is 0 Å². The fourth-order valence-corrected chi connectivity index (χ4v) is 0. The first-order valence-corrected chi connectivity index (χ1v) is 2.54. The summed E-state index contributed by atoms with van der Waals surface area (Å²) in [4.78, 5) is 0. The summed E-state index contributed by atoms with van der Waals surface area (Å²) in [5, 5.41) is 1.25. The Balaban J connectivity index is -0.00000000667. The van der Waals surface area contributed by atoms with Gasteiger partial charge in [0.15, 0.2) is 0 Å². The molecule has 3 radical (unpaired) electrons. The van der Waals surface area contributed by atoms with Crippen LogP contribution in [-0.4, -0.2) is 16.5 Å². The quantitative estimate of drug-likeness (QED) is 0.302. The van der Waals surface area contributed by atoms with E-state index in [1.165, 1.54) is 5.25 Å². The summed E-state index contributed by atoms with van der Waals surface area (Å²) in [5.74, 6) is 0. The molecule has 0 aromatic carbocycles. The van der Waals surface area contributed by atoms with Crippen molar-refractivity contribution in [3.8, 4) is 0 Å². The molecule has 0 aromatic rings. The molecule has 0 spiro atoms. The molecule has 0 aromatic heterocycles. The van der Waals surface area contributed by atoms with Crippen molar-refractivity contribution in [1.29, 1.82) is 0 Å². The van der Waals surface area contributed by atoms with Crippen molar-refractivity contribution in [2.45, 2.75) is 12.2 Å². The Bertz CT molecular complexity index is 8.75. The van der Waals surface area contributed by atoms with Crippen LogP contribution in [0.5, 0.6) is 0 Å². The Hall–Kier alpha value is 1.59. The maximum absolute atomic E-state index is 2.12. The maximum Gasteiger partial charge on any atom is -0.813 e. The van der Waals surface area contributed by atoms with E-state index in [1.807, 2.05) is 0 Å². The van der Waals surface area contributed by atoms with Crippen LogP contribution in [0.1, 0.15) is 6.92 Å². The largest absolute Gasteiger partial charge is 0.813 e. The summed E-state index contributed by atoms with van der Waals surface area (Å²) in [6.45, 7) is 2.12. The first-order chi connectivity index (χ1) is 1.41. The van der Waals surface area contributed by atoms with E-state index in [9.17, 15) is 0 Å². The maximum atomic E-state index is 2.12. The van der Waals surface area contributed by atoms with Crippen LogP contribution in [0.3, 0.4) is 0 Å². The number of thiol groups is 3. The first-order valence-electron chi connectivity index (χ1n) is 1.06. The van der Waals surface area contributed by atoms with Crippen molar-refractivity contribution < 1.29 is 0 Å². The third-order valence-corrected chi connectivity index (χ3v) is 0. The fraction of sp³-hybridized carbons (Fsp3) is 1.00. The second-order valence-electron chi connectivity index (χ2n) is 0.354. The fourth-order valence-electron chi connectivity index (χ4n) is 0. The van der Waals surface area contributed by atoms with E-state index < -0.39 is 0 Å².